The van der Waals surface area contributed by atoms with Gasteiger partial charge < -0.3 is 9.88 Å². The number of fused-ring (bicyclic) bond motifs is 1. The number of rotatable bonds is 4. The maximum atomic E-state index is 8.73. The second kappa shape index (κ2) is 4.82. The Morgan fingerprint density at radius 1 is 1.38 bits per heavy atom. The van der Waals surface area contributed by atoms with E-state index in [1.807, 2.05) is 16.8 Å². The molecule has 0 amide bonds. The van der Waals surface area contributed by atoms with Crippen molar-refractivity contribution in [3.8, 4) is 6.07 Å². The van der Waals surface area contributed by atoms with Crippen molar-refractivity contribution in [2.45, 2.75) is 20.0 Å². The summed E-state index contributed by atoms with van der Waals surface area (Å²) in [5, 5.41) is 13.3. The first-order valence-corrected chi connectivity index (χ1v) is 5.51. The summed E-state index contributed by atoms with van der Waals surface area (Å²) in [6, 6.07) is 10.5. The molecule has 2 aromatic rings. The van der Waals surface area contributed by atoms with Crippen LogP contribution in [0.4, 0.5) is 0 Å². The Balaban J connectivity index is 2.41. The summed E-state index contributed by atoms with van der Waals surface area (Å²) in [6.07, 6.45) is 1.98. The summed E-state index contributed by atoms with van der Waals surface area (Å²) in [6.45, 7) is 4.36. The molecule has 1 N–H and O–H groups in total. The van der Waals surface area contributed by atoms with Crippen molar-refractivity contribution in [1.82, 2.24) is 9.88 Å². The third-order valence-corrected chi connectivity index (χ3v) is 2.71. The summed E-state index contributed by atoms with van der Waals surface area (Å²) < 4.78 is 1.98. The molecule has 2 rings (SSSR count). The zero-order valence-electron chi connectivity index (χ0n) is 9.40. The van der Waals surface area contributed by atoms with Gasteiger partial charge in [-0.3, -0.25) is 0 Å². The average molecular weight is 213 g/mol. The van der Waals surface area contributed by atoms with Crippen LogP contribution in [0, 0.1) is 11.3 Å². The Bertz CT molecular complexity index is 519. The molecule has 0 fully saturated rings. The number of nitrogens with zero attached hydrogens (tertiary/aromatic N) is 2. The van der Waals surface area contributed by atoms with Crippen LogP contribution in [0.25, 0.3) is 10.9 Å². The largest absolute Gasteiger partial charge is 0.334 e. The Kier molecular flexibility index (Phi) is 3.23. The third-order valence-electron chi connectivity index (χ3n) is 2.71. The molecule has 0 unspecified atom stereocenters. The van der Waals surface area contributed by atoms with Crippen LogP contribution in [0.5, 0.6) is 0 Å². The summed E-state index contributed by atoms with van der Waals surface area (Å²) in [5.41, 5.74) is 2.42. The lowest BCUT2D eigenvalue weighted by molar-refractivity contribution is 0.730. The molecule has 1 aromatic heterocycles. The van der Waals surface area contributed by atoms with Crippen molar-refractivity contribution in [2.75, 3.05) is 6.54 Å². The lowest BCUT2D eigenvalue weighted by Crippen LogP contribution is -2.11. The molecule has 0 saturated heterocycles. The molecule has 1 heterocycles. The minimum absolute atomic E-state index is 0.411. The van der Waals surface area contributed by atoms with E-state index in [1.165, 1.54) is 10.9 Å². The second-order valence-electron chi connectivity index (χ2n) is 3.73. The molecule has 3 nitrogen and oxygen atoms in total. The maximum Gasteiger partial charge on any atom is 0.110 e. The molecule has 16 heavy (non-hydrogen) atoms. The molecule has 0 aliphatic rings. The van der Waals surface area contributed by atoms with Crippen LogP contribution in [0.2, 0.25) is 0 Å². The summed E-state index contributed by atoms with van der Waals surface area (Å²) in [4.78, 5) is 0. The highest BCUT2D eigenvalue weighted by Gasteiger charge is 2.04. The first kappa shape index (κ1) is 10.7. The fraction of sp³-hybridized carbons (Fsp3) is 0.308. The number of benzene rings is 1. The van der Waals surface area contributed by atoms with Crippen molar-refractivity contribution >= 4 is 10.9 Å². The number of hydrogen-bond acceptors (Lipinski definition) is 2. The molecule has 0 spiro atoms. The van der Waals surface area contributed by atoms with Crippen molar-refractivity contribution in [1.29, 1.82) is 5.26 Å². The average Bonchev–Trinajstić information content (AvgIpc) is 2.71. The van der Waals surface area contributed by atoms with Gasteiger partial charge in [-0.2, -0.15) is 5.26 Å². The fourth-order valence-electron chi connectivity index (χ4n) is 1.92. The summed E-state index contributed by atoms with van der Waals surface area (Å²) in [5.74, 6) is 0. The topological polar surface area (TPSA) is 40.8 Å². The monoisotopic (exact) mass is 213 g/mol. The van der Waals surface area contributed by atoms with Gasteiger partial charge in [-0.1, -0.05) is 19.1 Å². The van der Waals surface area contributed by atoms with E-state index < -0.39 is 0 Å². The van der Waals surface area contributed by atoms with E-state index >= 15 is 0 Å². The Morgan fingerprint density at radius 3 is 3.00 bits per heavy atom. The van der Waals surface area contributed by atoms with Crippen molar-refractivity contribution in [3.05, 3.63) is 36.0 Å². The number of hydrogen-bond donors (Lipinski definition) is 1. The molecule has 82 valence electrons. The highest BCUT2D eigenvalue weighted by molar-refractivity contribution is 5.83. The van der Waals surface area contributed by atoms with E-state index in [0.29, 0.717) is 6.54 Å². The molecule has 1 aromatic carbocycles. The van der Waals surface area contributed by atoms with E-state index in [-0.39, 0.29) is 0 Å². The zero-order valence-corrected chi connectivity index (χ0v) is 9.40. The van der Waals surface area contributed by atoms with Gasteiger partial charge in [0.1, 0.15) is 6.54 Å². The zero-order chi connectivity index (χ0) is 11.4. The molecular formula is C13H15N3. The number of nitrogens with one attached hydrogen (secondary N) is 1. The highest BCUT2D eigenvalue weighted by Crippen LogP contribution is 2.20. The number of nitriles is 1. The van der Waals surface area contributed by atoms with Crippen LogP contribution in [-0.4, -0.2) is 11.1 Å². The summed E-state index contributed by atoms with van der Waals surface area (Å²) in [7, 11) is 0. The molecule has 0 radical (unpaired) electrons. The fourth-order valence-corrected chi connectivity index (χ4v) is 1.92. The van der Waals surface area contributed by atoms with Gasteiger partial charge in [0.25, 0.3) is 0 Å². The Morgan fingerprint density at radius 2 is 2.25 bits per heavy atom. The molecule has 0 aliphatic heterocycles. The second-order valence-corrected chi connectivity index (χ2v) is 3.73. The van der Waals surface area contributed by atoms with Crippen molar-refractivity contribution < 1.29 is 0 Å². The molecule has 0 bridgehead atoms. The van der Waals surface area contributed by atoms with Gasteiger partial charge in [-0.05, 0) is 24.2 Å². The predicted molar refractivity (Wildman–Crippen MR) is 64.9 cm³/mol. The lowest BCUT2D eigenvalue weighted by Gasteiger charge is -2.05. The van der Waals surface area contributed by atoms with Crippen molar-refractivity contribution in [2.24, 2.45) is 0 Å². The van der Waals surface area contributed by atoms with Gasteiger partial charge in [-0.15, -0.1) is 0 Å². The first-order chi connectivity index (χ1) is 7.86. The highest BCUT2D eigenvalue weighted by atomic mass is 14.9. The summed E-state index contributed by atoms with van der Waals surface area (Å²) >= 11 is 0. The van der Waals surface area contributed by atoms with Crippen LogP contribution in [0.15, 0.2) is 30.5 Å². The Hall–Kier alpha value is -1.79. The van der Waals surface area contributed by atoms with Gasteiger partial charge in [0.15, 0.2) is 0 Å². The maximum absolute atomic E-state index is 8.73. The van der Waals surface area contributed by atoms with E-state index in [1.54, 1.807) is 0 Å². The van der Waals surface area contributed by atoms with E-state index in [2.05, 4.69) is 36.5 Å². The Labute approximate surface area is 95.3 Å². The smallest absolute Gasteiger partial charge is 0.110 e. The van der Waals surface area contributed by atoms with Gasteiger partial charge in [-0.25, -0.2) is 0 Å². The number of aromatic nitrogens is 1. The van der Waals surface area contributed by atoms with Gasteiger partial charge in [0.05, 0.1) is 6.07 Å². The van der Waals surface area contributed by atoms with E-state index in [4.69, 9.17) is 5.26 Å². The first-order valence-electron chi connectivity index (χ1n) is 5.51. The molecule has 3 heteroatoms. The lowest BCUT2D eigenvalue weighted by atomic mass is 10.1. The van der Waals surface area contributed by atoms with E-state index in [0.717, 1.165) is 18.6 Å². The van der Waals surface area contributed by atoms with Crippen LogP contribution in [0.1, 0.15) is 12.5 Å². The van der Waals surface area contributed by atoms with Gasteiger partial charge >= 0.3 is 0 Å². The normalized spacial score (nSPS) is 10.5. The van der Waals surface area contributed by atoms with Crippen LogP contribution in [-0.2, 0) is 13.1 Å². The molecule has 0 atom stereocenters. The minimum atomic E-state index is 0.411. The standard InChI is InChI=1S/C13H15N3/c1-2-15-10-11-4-3-5-13-12(11)6-8-16(13)9-7-14/h3-6,8,15H,2,9-10H2,1H3. The molecule has 0 saturated carbocycles. The molecular weight excluding hydrogens is 198 g/mol. The quantitative estimate of drug-likeness (QED) is 0.846. The van der Waals surface area contributed by atoms with Crippen LogP contribution < -0.4 is 5.32 Å². The SMILES string of the molecule is CCNCc1cccc2c1ccn2CC#N. The minimum Gasteiger partial charge on any atom is -0.334 e. The van der Waals surface area contributed by atoms with Crippen LogP contribution in [0.3, 0.4) is 0 Å². The van der Waals surface area contributed by atoms with Crippen molar-refractivity contribution in [3.63, 3.8) is 0 Å². The van der Waals surface area contributed by atoms with Gasteiger partial charge in [0, 0.05) is 23.6 Å². The molecule has 0 aliphatic carbocycles. The third kappa shape index (κ3) is 1.93. The predicted octanol–water partition coefficient (Wildman–Crippen LogP) is 2.27. The van der Waals surface area contributed by atoms with E-state index in [9.17, 15) is 0 Å². The van der Waals surface area contributed by atoms with Crippen LogP contribution >= 0.6 is 0 Å². The van der Waals surface area contributed by atoms with Gasteiger partial charge in [0.2, 0.25) is 0 Å².